The fourth-order valence-corrected chi connectivity index (χ4v) is 5.61. The maximum Gasteiger partial charge on any atom is 0.308 e. The summed E-state index contributed by atoms with van der Waals surface area (Å²) in [6.07, 6.45) is 0. The van der Waals surface area contributed by atoms with Gasteiger partial charge in [0.2, 0.25) is 0 Å². The Morgan fingerprint density at radius 2 is 1.73 bits per heavy atom. The standard InChI is InChI=1S/C21H16Cl2N2O3S2/c1-13-16(22)7-4-8-18(13)24-30(27,28)15-9-10-19-20(11-15)29-21(26)25(19)12-14-5-2-3-6-17(14)23/h2-11,24H,12H2,1H3. The normalized spacial score (nSPS) is 11.7. The first kappa shape index (κ1) is 20.9. The molecule has 1 aromatic heterocycles. The lowest BCUT2D eigenvalue weighted by molar-refractivity contribution is 0.601. The molecular weight excluding hydrogens is 463 g/mol. The Hall–Kier alpha value is -2.32. The predicted octanol–water partition coefficient (Wildman–Crippen LogP) is 5.53. The molecule has 5 nitrogen and oxygen atoms in total. The van der Waals surface area contributed by atoms with E-state index in [1.807, 2.05) is 18.2 Å². The van der Waals surface area contributed by atoms with Gasteiger partial charge in [0.15, 0.2) is 0 Å². The van der Waals surface area contributed by atoms with Crippen LogP contribution in [-0.2, 0) is 16.6 Å². The number of nitrogens with one attached hydrogen (secondary N) is 1. The Morgan fingerprint density at radius 1 is 1.00 bits per heavy atom. The van der Waals surface area contributed by atoms with Gasteiger partial charge in [-0.2, -0.15) is 0 Å². The van der Waals surface area contributed by atoms with Gasteiger partial charge in [0.05, 0.1) is 27.3 Å². The molecule has 0 amide bonds. The molecule has 0 bridgehead atoms. The fraction of sp³-hybridized carbons (Fsp3) is 0.0952. The lowest BCUT2D eigenvalue weighted by Gasteiger charge is -2.12. The first-order valence-corrected chi connectivity index (χ1v) is 12.0. The van der Waals surface area contributed by atoms with Crippen molar-refractivity contribution in [3.63, 3.8) is 0 Å². The van der Waals surface area contributed by atoms with Gasteiger partial charge in [-0.05, 0) is 54.4 Å². The number of anilines is 1. The van der Waals surface area contributed by atoms with E-state index in [2.05, 4.69) is 4.72 Å². The zero-order chi connectivity index (χ0) is 21.5. The number of sulfonamides is 1. The molecule has 1 N–H and O–H groups in total. The first-order chi connectivity index (χ1) is 14.3. The molecule has 154 valence electrons. The molecule has 0 saturated heterocycles. The van der Waals surface area contributed by atoms with E-state index < -0.39 is 10.0 Å². The quantitative estimate of drug-likeness (QED) is 0.410. The van der Waals surface area contributed by atoms with Crippen molar-refractivity contribution in [2.45, 2.75) is 18.4 Å². The molecule has 30 heavy (non-hydrogen) atoms. The van der Waals surface area contributed by atoms with Crippen LogP contribution in [0.2, 0.25) is 10.0 Å². The first-order valence-electron chi connectivity index (χ1n) is 8.91. The summed E-state index contributed by atoms with van der Waals surface area (Å²) in [5.74, 6) is 0. The van der Waals surface area contributed by atoms with Crippen molar-refractivity contribution in [1.29, 1.82) is 0 Å². The fourth-order valence-electron chi connectivity index (χ4n) is 3.08. The molecule has 3 aromatic carbocycles. The van der Waals surface area contributed by atoms with Crippen LogP contribution in [0.4, 0.5) is 5.69 Å². The zero-order valence-corrected chi connectivity index (χ0v) is 18.9. The molecule has 0 aliphatic heterocycles. The summed E-state index contributed by atoms with van der Waals surface area (Å²) in [7, 11) is -3.85. The minimum atomic E-state index is -3.85. The van der Waals surface area contributed by atoms with E-state index in [1.54, 1.807) is 41.8 Å². The summed E-state index contributed by atoms with van der Waals surface area (Å²) in [6, 6.07) is 17.0. The van der Waals surface area contributed by atoms with Crippen LogP contribution in [0.15, 0.2) is 70.4 Å². The highest BCUT2D eigenvalue weighted by atomic mass is 35.5. The van der Waals surface area contributed by atoms with Gasteiger partial charge in [0.25, 0.3) is 10.0 Å². The number of benzene rings is 3. The maximum atomic E-state index is 12.9. The van der Waals surface area contributed by atoms with E-state index >= 15 is 0 Å². The van der Waals surface area contributed by atoms with Crippen molar-refractivity contribution in [2.75, 3.05) is 4.72 Å². The maximum absolute atomic E-state index is 12.9. The Morgan fingerprint density at radius 3 is 2.50 bits per heavy atom. The van der Waals surface area contributed by atoms with Crippen LogP contribution in [-0.4, -0.2) is 13.0 Å². The molecule has 4 aromatic rings. The van der Waals surface area contributed by atoms with Crippen molar-refractivity contribution in [3.05, 3.63) is 91.5 Å². The van der Waals surface area contributed by atoms with E-state index in [4.69, 9.17) is 23.2 Å². The van der Waals surface area contributed by atoms with E-state index in [1.165, 1.54) is 12.1 Å². The van der Waals surface area contributed by atoms with Crippen LogP contribution >= 0.6 is 34.5 Å². The second-order valence-corrected chi connectivity index (χ2v) is 10.2. The molecule has 0 fully saturated rings. The average Bonchev–Trinajstić information content (AvgIpc) is 3.01. The van der Waals surface area contributed by atoms with Crippen molar-refractivity contribution in [1.82, 2.24) is 4.57 Å². The third-order valence-corrected chi connectivity index (χ3v) is 7.83. The Bertz CT molecular complexity index is 1430. The SMILES string of the molecule is Cc1c(Cl)cccc1NS(=O)(=O)c1ccc2c(c1)sc(=O)n2Cc1ccccc1Cl. The lowest BCUT2D eigenvalue weighted by atomic mass is 10.2. The highest BCUT2D eigenvalue weighted by molar-refractivity contribution is 7.92. The van der Waals surface area contributed by atoms with E-state index in [0.717, 1.165) is 16.9 Å². The van der Waals surface area contributed by atoms with Gasteiger partial charge in [-0.3, -0.25) is 14.1 Å². The predicted molar refractivity (Wildman–Crippen MR) is 124 cm³/mol. The van der Waals surface area contributed by atoms with Gasteiger partial charge in [0.1, 0.15) is 0 Å². The number of rotatable bonds is 5. The van der Waals surface area contributed by atoms with Gasteiger partial charge in [-0.15, -0.1) is 0 Å². The molecule has 0 saturated carbocycles. The van der Waals surface area contributed by atoms with Gasteiger partial charge >= 0.3 is 4.87 Å². The molecule has 9 heteroatoms. The molecular formula is C21H16Cl2N2O3S2. The number of hydrogen-bond donors (Lipinski definition) is 1. The summed E-state index contributed by atoms with van der Waals surface area (Å²) in [4.78, 5) is 12.4. The summed E-state index contributed by atoms with van der Waals surface area (Å²) in [5.41, 5.74) is 2.52. The highest BCUT2D eigenvalue weighted by Gasteiger charge is 2.18. The van der Waals surface area contributed by atoms with Crippen LogP contribution in [0.1, 0.15) is 11.1 Å². The molecule has 1 heterocycles. The van der Waals surface area contributed by atoms with Crippen LogP contribution in [0, 0.1) is 6.92 Å². The smallest absolute Gasteiger partial charge is 0.294 e. The largest absolute Gasteiger partial charge is 0.308 e. The number of thiazole rings is 1. The van der Waals surface area contributed by atoms with Crippen LogP contribution < -0.4 is 9.60 Å². The number of halogens is 2. The number of fused-ring (bicyclic) bond motifs is 1. The topological polar surface area (TPSA) is 68.2 Å². The van der Waals surface area contributed by atoms with Crippen LogP contribution in [0.3, 0.4) is 0 Å². The van der Waals surface area contributed by atoms with E-state index in [9.17, 15) is 13.2 Å². The van der Waals surface area contributed by atoms with Crippen LogP contribution in [0.25, 0.3) is 10.2 Å². The molecule has 0 unspecified atom stereocenters. The third-order valence-electron chi connectivity index (χ3n) is 4.75. The van der Waals surface area contributed by atoms with E-state index in [0.29, 0.717) is 38.1 Å². The lowest BCUT2D eigenvalue weighted by Crippen LogP contribution is -2.14. The number of nitrogens with zero attached hydrogens (tertiary/aromatic N) is 1. The van der Waals surface area contributed by atoms with E-state index in [-0.39, 0.29) is 9.77 Å². The summed E-state index contributed by atoms with van der Waals surface area (Å²) in [6.45, 7) is 2.05. The minimum absolute atomic E-state index is 0.0699. The Balaban J connectivity index is 1.71. The number of hydrogen-bond acceptors (Lipinski definition) is 4. The van der Waals surface area contributed by atoms with Crippen molar-refractivity contribution in [3.8, 4) is 0 Å². The molecule has 0 aliphatic carbocycles. The molecule has 0 aliphatic rings. The van der Waals surface area contributed by atoms with Crippen molar-refractivity contribution < 1.29 is 8.42 Å². The Labute approximate surface area is 187 Å². The zero-order valence-electron chi connectivity index (χ0n) is 15.7. The molecule has 4 rings (SSSR count). The van der Waals surface area contributed by atoms with Gasteiger partial charge in [-0.1, -0.05) is 58.8 Å². The summed E-state index contributed by atoms with van der Waals surface area (Å²) in [5, 5.41) is 1.05. The Kier molecular flexibility index (Phi) is 5.63. The highest BCUT2D eigenvalue weighted by Crippen LogP contribution is 2.28. The molecule has 0 radical (unpaired) electrons. The molecule has 0 atom stereocenters. The average molecular weight is 479 g/mol. The van der Waals surface area contributed by atoms with Gasteiger partial charge < -0.3 is 0 Å². The number of aromatic nitrogens is 1. The van der Waals surface area contributed by atoms with Gasteiger partial charge in [0, 0.05) is 10.0 Å². The van der Waals surface area contributed by atoms with Gasteiger partial charge in [-0.25, -0.2) is 8.42 Å². The second kappa shape index (κ2) is 8.07. The summed E-state index contributed by atoms with van der Waals surface area (Å²) >= 11 is 13.3. The van der Waals surface area contributed by atoms with Crippen molar-refractivity contribution >= 4 is 60.5 Å². The monoisotopic (exact) mass is 478 g/mol. The van der Waals surface area contributed by atoms with Crippen LogP contribution in [0.5, 0.6) is 0 Å². The van der Waals surface area contributed by atoms with Crippen molar-refractivity contribution in [2.24, 2.45) is 0 Å². The molecule has 0 spiro atoms. The minimum Gasteiger partial charge on any atom is -0.294 e. The second-order valence-electron chi connectivity index (χ2n) is 6.69. The summed E-state index contributed by atoms with van der Waals surface area (Å²) < 4.78 is 30.5. The third kappa shape index (κ3) is 3.98.